The lowest BCUT2D eigenvalue weighted by atomic mass is 10.1. The molecule has 27 heavy (non-hydrogen) atoms. The van der Waals surface area contributed by atoms with Crippen LogP contribution in [-0.4, -0.2) is 39.1 Å². The molecule has 5 nitrogen and oxygen atoms in total. The van der Waals surface area contributed by atoms with Crippen molar-refractivity contribution in [3.8, 4) is 0 Å². The molecule has 0 bridgehead atoms. The maximum atomic E-state index is 13.0. The van der Waals surface area contributed by atoms with Gasteiger partial charge in [0, 0.05) is 45.1 Å². The van der Waals surface area contributed by atoms with E-state index in [-0.39, 0.29) is 6.04 Å². The third-order valence-corrected chi connectivity index (χ3v) is 5.07. The van der Waals surface area contributed by atoms with Crippen LogP contribution in [0.2, 0.25) is 0 Å². The normalized spacial score (nSPS) is 18.9. The van der Waals surface area contributed by atoms with Gasteiger partial charge in [-0.3, -0.25) is 9.88 Å². The van der Waals surface area contributed by atoms with E-state index in [2.05, 4.69) is 20.2 Å². The largest absolute Gasteiger partial charge is 0.416 e. The first-order valence-corrected chi connectivity index (χ1v) is 8.81. The fourth-order valence-electron chi connectivity index (χ4n) is 3.59. The van der Waals surface area contributed by atoms with Gasteiger partial charge in [0.05, 0.1) is 23.1 Å². The Kier molecular flexibility index (Phi) is 4.61. The lowest BCUT2D eigenvalue weighted by molar-refractivity contribution is -0.137. The molecule has 3 heterocycles. The standard InChI is InChI=1S/C19H20F3N5/c1-26-16-5-4-14(19(20,21)22)9-15(16)25-18(26)12-27-8-7-24-11-17(27)13-3-2-6-23-10-13/h2-6,9-10,17,24H,7-8,11-12H2,1H3. The molecule has 1 atom stereocenters. The lowest BCUT2D eigenvalue weighted by Crippen LogP contribution is -2.45. The Morgan fingerprint density at radius 2 is 2.11 bits per heavy atom. The van der Waals surface area contributed by atoms with Crippen molar-refractivity contribution in [2.24, 2.45) is 7.05 Å². The van der Waals surface area contributed by atoms with Gasteiger partial charge in [0.25, 0.3) is 0 Å². The summed E-state index contributed by atoms with van der Waals surface area (Å²) in [4.78, 5) is 11.0. The molecule has 1 aliphatic rings. The van der Waals surface area contributed by atoms with E-state index in [1.165, 1.54) is 6.07 Å². The van der Waals surface area contributed by atoms with Crippen molar-refractivity contribution in [1.29, 1.82) is 0 Å². The average Bonchev–Trinajstić information content (AvgIpc) is 2.97. The van der Waals surface area contributed by atoms with Crippen molar-refractivity contribution in [2.45, 2.75) is 18.8 Å². The van der Waals surface area contributed by atoms with E-state index in [9.17, 15) is 13.2 Å². The van der Waals surface area contributed by atoms with Gasteiger partial charge in [-0.05, 0) is 29.8 Å². The highest BCUT2D eigenvalue weighted by Crippen LogP contribution is 2.32. The number of rotatable bonds is 3. The number of aromatic nitrogens is 3. The number of pyridine rings is 1. The van der Waals surface area contributed by atoms with E-state index >= 15 is 0 Å². The van der Waals surface area contributed by atoms with Crippen molar-refractivity contribution >= 4 is 11.0 Å². The predicted octanol–water partition coefficient (Wildman–Crippen LogP) is 3.13. The Balaban J connectivity index is 1.64. The van der Waals surface area contributed by atoms with Gasteiger partial charge in [-0.15, -0.1) is 0 Å². The summed E-state index contributed by atoms with van der Waals surface area (Å²) in [6.45, 7) is 3.05. The summed E-state index contributed by atoms with van der Waals surface area (Å²) in [5, 5.41) is 3.39. The van der Waals surface area contributed by atoms with Gasteiger partial charge in [-0.1, -0.05) is 6.07 Å². The Bertz CT molecular complexity index is 936. The van der Waals surface area contributed by atoms with Gasteiger partial charge in [0.1, 0.15) is 5.82 Å². The fourth-order valence-corrected chi connectivity index (χ4v) is 3.59. The first kappa shape index (κ1) is 17.9. The first-order valence-electron chi connectivity index (χ1n) is 8.81. The highest BCUT2D eigenvalue weighted by Gasteiger charge is 2.31. The smallest absolute Gasteiger partial charge is 0.330 e. The molecule has 0 amide bonds. The zero-order chi connectivity index (χ0) is 19.0. The third kappa shape index (κ3) is 3.54. The molecule has 1 saturated heterocycles. The summed E-state index contributed by atoms with van der Waals surface area (Å²) in [5.74, 6) is 0.750. The molecule has 0 radical (unpaired) electrons. The molecule has 142 valence electrons. The number of alkyl halides is 3. The summed E-state index contributed by atoms with van der Waals surface area (Å²) in [5.41, 5.74) is 1.51. The summed E-state index contributed by atoms with van der Waals surface area (Å²) in [6.07, 6.45) is -0.765. The van der Waals surface area contributed by atoms with E-state index < -0.39 is 11.7 Å². The Labute approximate surface area is 154 Å². The molecule has 3 aromatic rings. The second-order valence-corrected chi connectivity index (χ2v) is 6.77. The van der Waals surface area contributed by atoms with Gasteiger partial charge >= 0.3 is 6.18 Å². The number of hydrogen-bond acceptors (Lipinski definition) is 4. The molecular weight excluding hydrogens is 355 g/mol. The monoisotopic (exact) mass is 375 g/mol. The van der Waals surface area contributed by atoms with Gasteiger partial charge in [-0.2, -0.15) is 13.2 Å². The van der Waals surface area contributed by atoms with Gasteiger partial charge in [0.2, 0.25) is 0 Å². The Morgan fingerprint density at radius 1 is 1.26 bits per heavy atom. The minimum absolute atomic E-state index is 0.151. The van der Waals surface area contributed by atoms with Gasteiger partial charge < -0.3 is 9.88 Å². The number of fused-ring (bicyclic) bond motifs is 1. The number of hydrogen-bond donors (Lipinski definition) is 1. The number of halogens is 3. The molecule has 0 aliphatic carbocycles. The molecule has 0 spiro atoms. The highest BCUT2D eigenvalue weighted by molar-refractivity contribution is 5.77. The van der Waals surface area contributed by atoms with E-state index in [0.29, 0.717) is 17.6 Å². The van der Waals surface area contributed by atoms with Crippen LogP contribution in [0.3, 0.4) is 0 Å². The molecule has 1 aliphatic heterocycles. The molecule has 1 aromatic carbocycles. The van der Waals surface area contributed by atoms with E-state index in [4.69, 9.17) is 0 Å². The number of aryl methyl sites for hydroxylation is 1. The molecular formula is C19H20F3N5. The van der Waals surface area contributed by atoms with Crippen LogP contribution in [-0.2, 0) is 19.8 Å². The predicted molar refractivity (Wildman–Crippen MR) is 96.0 cm³/mol. The van der Waals surface area contributed by atoms with E-state index in [0.717, 1.165) is 43.2 Å². The maximum absolute atomic E-state index is 13.0. The van der Waals surface area contributed by atoms with E-state index in [1.807, 2.05) is 29.9 Å². The Hall–Kier alpha value is -2.45. The Morgan fingerprint density at radius 3 is 2.85 bits per heavy atom. The quantitative estimate of drug-likeness (QED) is 0.764. The molecule has 4 rings (SSSR count). The van der Waals surface area contributed by atoms with Crippen LogP contribution in [0.5, 0.6) is 0 Å². The summed E-state index contributed by atoms with van der Waals surface area (Å²) >= 11 is 0. The van der Waals surface area contributed by atoms with Crippen LogP contribution in [0.15, 0.2) is 42.7 Å². The number of nitrogens with zero attached hydrogens (tertiary/aromatic N) is 4. The topological polar surface area (TPSA) is 46.0 Å². The first-order chi connectivity index (χ1) is 12.9. The van der Waals surface area contributed by atoms with Gasteiger partial charge in [0.15, 0.2) is 0 Å². The van der Waals surface area contributed by atoms with Crippen molar-refractivity contribution in [2.75, 3.05) is 19.6 Å². The molecule has 1 unspecified atom stereocenters. The molecule has 0 saturated carbocycles. The van der Waals surface area contributed by atoms with Crippen LogP contribution in [0, 0.1) is 0 Å². The molecule has 1 fully saturated rings. The minimum atomic E-state index is -4.37. The molecule has 1 N–H and O–H groups in total. The highest BCUT2D eigenvalue weighted by atomic mass is 19.4. The molecule has 8 heteroatoms. The number of nitrogens with one attached hydrogen (secondary N) is 1. The maximum Gasteiger partial charge on any atom is 0.416 e. The average molecular weight is 375 g/mol. The minimum Gasteiger partial charge on any atom is -0.330 e. The van der Waals surface area contributed by atoms with Crippen molar-refractivity contribution in [1.82, 2.24) is 24.8 Å². The second-order valence-electron chi connectivity index (χ2n) is 6.77. The number of benzene rings is 1. The zero-order valence-electron chi connectivity index (χ0n) is 14.9. The molecule has 2 aromatic heterocycles. The van der Waals surface area contributed by atoms with E-state index in [1.54, 1.807) is 6.20 Å². The van der Waals surface area contributed by atoms with Crippen molar-refractivity contribution in [3.05, 3.63) is 59.7 Å². The van der Waals surface area contributed by atoms with Crippen molar-refractivity contribution < 1.29 is 13.2 Å². The SMILES string of the molecule is Cn1c(CN2CCNCC2c2cccnc2)nc2cc(C(F)(F)F)ccc21. The lowest BCUT2D eigenvalue weighted by Gasteiger charge is -2.36. The summed E-state index contributed by atoms with van der Waals surface area (Å²) in [7, 11) is 1.85. The summed E-state index contributed by atoms with van der Waals surface area (Å²) < 4.78 is 40.8. The fraction of sp³-hybridized carbons (Fsp3) is 0.368. The number of piperazine rings is 1. The van der Waals surface area contributed by atoms with Gasteiger partial charge in [-0.25, -0.2) is 4.98 Å². The van der Waals surface area contributed by atoms with Crippen LogP contribution in [0.1, 0.15) is 23.0 Å². The third-order valence-electron chi connectivity index (χ3n) is 5.07. The van der Waals surface area contributed by atoms with Crippen molar-refractivity contribution in [3.63, 3.8) is 0 Å². The van der Waals surface area contributed by atoms with Crippen LogP contribution in [0.25, 0.3) is 11.0 Å². The second kappa shape index (κ2) is 6.94. The zero-order valence-corrected chi connectivity index (χ0v) is 14.9. The summed E-state index contributed by atoms with van der Waals surface area (Å²) in [6, 6.07) is 7.83. The number of imidazole rings is 1. The van der Waals surface area contributed by atoms with Crippen LogP contribution >= 0.6 is 0 Å². The van der Waals surface area contributed by atoms with Crippen LogP contribution in [0.4, 0.5) is 13.2 Å². The van der Waals surface area contributed by atoms with Crippen LogP contribution < -0.4 is 5.32 Å².